The van der Waals surface area contributed by atoms with E-state index in [0.29, 0.717) is 18.1 Å². The summed E-state index contributed by atoms with van der Waals surface area (Å²) >= 11 is 0. The summed E-state index contributed by atoms with van der Waals surface area (Å²) in [7, 11) is -1.82. The van der Waals surface area contributed by atoms with Crippen molar-refractivity contribution in [2.24, 2.45) is 0 Å². The van der Waals surface area contributed by atoms with Crippen LogP contribution in [0.15, 0.2) is 23.1 Å². The minimum atomic E-state index is -3.30. The number of hydrogen-bond acceptors (Lipinski definition) is 4. The Kier molecular flexibility index (Phi) is 4.18. The smallest absolute Gasteiger partial charge is 0.179 e. The Hall–Kier alpha value is -1.23. The van der Waals surface area contributed by atoms with E-state index in [1.807, 2.05) is 6.92 Å². The molecule has 1 aromatic rings. The lowest BCUT2D eigenvalue weighted by Gasteiger charge is -2.13. The maximum atomic E-state index is 11.5. The standard InChI is InChI=1S/C11H16O4S/c1-4-8-15-11-9(14-2)6-5-7-10(11)16(3,12)13/h5-7H,4,8H2,1-3H3. The van der Waals surface area contributed by atoms with Crippen molar-refractivity contribution in [3.63, 3.8) is 0 Å². The summed E-state index contributed by atoms with van der Waals surface area (Å²) in [5.74, 6) is 0.741. The number of hydrogen-bond donors (Lipinski definition) is 0. The minimum absolute atomic E-state index is 0.167. The highest BCUT2D eigenvalue weighted by molar-refractivity contribution is 7.90. The van der Waals surface area contributed by atoms with E-state index in [1.54, 1.807) is 12.1 Å². The fourth-order valence-electron chi connectivity index (χ4n) is 1.29. The molecule has 0 fully saturated rings. The van der Waals surface area contributed by atoms with Crippen molar-refractivity contribution >= 4 is 9.84 Å². The Morgan fingerprint density at radius 3 is 2.50 bits per heavy atom. The molecule has 0 radical (unpaired) electrons. The first-order valence-electron chi connectivity index (χ1n) is 5.00. The van der Waals surface area contributed by atoms with Gasteiger partial charge in [0, 0.05) is 6.26 Å². The normalized spacial score (nSPS) is 11.2. The van der Waals surface area contributed by atoms with Crippen LogP contribution in [-0.2, 0) is 9.84 Å². The molecule has 0 aliphatic rings. The van der Waals surface area contributed by atoms with E-state index in [0.717, 1.165) is 12.7 Å². The van der Waals surface area contributed by atoms with Crippen LogP contribution in [0, 0.1) is 0 Å². The lowest BCUT2D eigenvalue weighted by atomic mass is 10.3. The van der Waals surface area contributed by atoms with Crippen molar-refractivity contribution in [3.05, 3.63) is 18.2 Å². The van der Waals surface area contributed by atoms with Gasteiger partial charge in [-0.25, -0.2) is 8.42 Å². The molecule has 0 saturated heterocycles. The number of benzene rings is 1. The van der Waals surface area contributed by atoms with Crippen LogP contribution in [0.4, 0.5) is 0 Å². The van der Waals surface area contributed by atoms with Gasteiger partial charge >= 0.3 is 0 Å². The molecule has 5 heteroatoms. The highest BCUT2D eigenvalue weighted by Gasteiger charge is 2.18. The zero-order chi connectivity index (χ0) is 12.2. The Morgan fingerprint density at radius 1 is 1.31 bits per heavy atom. The van der Waals surface area contributed by atoms with Gasteiger partial charge in [-0.2, -0.15) is 0 Å². The van der Waals surface area contributed by atoms with Gasteiger partial charge in [0.2, 0.25) is 0 Å². The van der Waals surface area contributed by atoms with E-state index in [9.17, 15) is 8.42 Å². The monoisotopic (exact) mass is 244 g/mol. The number of ether oxygens (including phenoxy) is 2. The quantitative estimate of drug-likeness (QED) is 0.793. The first-order valence-corrected chi connectivity index (χ1v) is 6.89. The molecular formula is C11H16O4S. The third kappa shape index (κ3) is 2.88. The summed E-state index contributed by atoms with van der Waals surface area (Å²) in [6.07, 6.45) is 1.96. The summed E-state index contributed by atoms with van der Waals surface area (Å²) in [6, 6.07) is 4.83. The van der Waals surface area contributed by atoms with E-state index in [4.69, 9.17) is 9.47 Å². The second-order valence-corrected chi connectivity index (χ2v) is 5.39. The molecule has 0 aliphatic heterocycles. The van der Waals surface area contributed by atoms with Crippen LogP contribution in [0.5, 0.6) is 11.5 Å². The van der Waals surface area contributed by atoms with Crippen molar-refractivity contribution in [3.8, 4) is 11.5 Å². The lowest BCUT2D eigenvalue weighted by Crippen LogP contribution is -2.05. The molecule has 1 aromatic carbocycles. The first-order chi connectivity index (χ1) is 7.50. The van der Waals surface area contributed by atoms with E-state index < -0.39 is 9.84 Å². The molecule has 0 aromatic heterocycles. The van der Waals surface area contributed by atoms with Gasteiger partial charge in [-0.15, -0.1) is 0 Å². The second-order valence-electron chi connectivity index (χ2n) is 3.41. The zero-order valence-electron chi connectivity index (χ0n) is 9.69. The largest absolute Gasteiger partial charge is 0.493 e. The molecule has 0 saturated carbocycles. The molecular weight excluding hydrogens is 228 g/mol. The first kappa shape index (κ1) is 12.8. The van der Waals surface area contributed by atoms with Crippen molar-refractivity contribution in [1.82, 2.24) is 0 Å². The molecule has 0 atom stereocenters. The minimum Gasteiger partial charge on any atom is -0.493 e. The molecule has 4 nitrogen and oxygen atoms in total. The van der Waals surface area contributed by atoms with Gasteiger partial charge in [0.15, 0.2) is 21.3 Å². The summed E-state index contributed by atoms with van der Waals surface area (Å²) in [5, 5.41) is 0. The van der Waals surface area contributed by atoms with Gasteiger partial charge in [-0.3, -0.25) is 0 Å². The third-order valence-electron chi connectivity index (χ3n) is 2.01. The van der Waals surface area contributed by atoms with Gasteiger partial charge in [-0.1, -0.05) is 13.0 Å². The second kappa shape index (κ2) is 5.21. The average molecular weight is 244 g/mol. The lowest BCUT2D eigenvalue weighted by molar-refractivity contribution is 0.286. The summed E-state index contributed by atoms with van der Waals surface area (Å²) in [6.45, 7) is 2.42. The van der Waals surface area contributed by atoms with E-state index in [1.165, 1.54) is 13.2 Å². The van der Waals surface area contributed by atoms with Gasteiger partial charge in [-0.05, 0) is 18.6 Å². The van der Waals surface area contributed by atoms with E-state index >= 15 is 0 Å². The highest BCUT2D eigenvalue weighted by atomic mass is 32.2. The van der Waals surface area contributed by atoms with Gasteiger partial charge in [0.1, 0.15) is 4.90 Å². The summed E-state index contributed by atoms with van der Waals surface area (Å²) in [5.41, 5.74) is 0. The third-order valence-corrected chi connectivity index (χ3v) is 3.13. The Morgan fingerprint density at radius 2 is 2.00 bits per heavy atom. The van der Waals surface area contributed by atoms with Crippen molar-refractivity contribution in [2.75, 3.05) is 20.0 Å². The number of rotatable bonds is 5. The predicted octanol–water partition coefficient (Wildman–Crippen LogP) is 1.89. The molecule has 0 heterocycles. The van der Waals surface area contributed by atoms with Crippen molar-refractivity contribution < 1.29 is 17.9 Å². The molecule has 0 aliphatic carbocycles. The number of para-hydroxylation sites is 1. The molecule has 0 spiro atoms. The fraction of sp³-hybridized carbons (Fsp3) is 0.455. The SMILES string of the molecule is CCCOc1c(OC)cccc1S(C)(=O)=O. The van der Waals surface area contributed by atoms with Crippen LogP contribution in [0.1, 0.15) is 13.3 Å². The van der Waals surface area contributed by atoms with Crippen LogP contribution in [0.2, 0.25) is 0 Å². The van der Waals surface area contributed by atoms with Crippen LogP contribution < -0.4 is 9.47 Å². The van der Waals surface area contributed by atoms with Crippen LogP contribution in [0.3, 0.4) is 0 Å². The molecule has 0 unspecified atom stereocenters. The van der Waals surface area contributed by atoms with E-state index in [2.05, 4.69) is 0 Å². The maximum Gasteiger partial charge on any atom is 0.179 e. The summed E-state index contributed by atoms with van der Waals surface area (Å²) in [4.78, 5) is 0.167. The fourth-order valence-corrected chi connectivity index (χ4v) is 2.12. The number of sulfone groups is 1. The molecule has 0 amide bonds. The van der Waals surface area contributed by atoms with Gasteiger partial charge < -0.3 is 9.47 Å². The Labute approximate surface area is 96.1 Å². The van der Waals surface area contributed by atoms with E-state index in [-0.39, 0.29) is 4.90 Å². The van der Waals surface area contributed by atoms with Crippen molar-refractivity contribution in [2.45, 2.75) is 18.2 Å². The number of methoxy groups -OCH3 is 1. The van der Waals surface area contributed by atoms with Gasteiger partial charge in [0.25, 0.3) is 0 Å². The maximum absolute atomic E-state index is 11.5. The van der Waals surface area contributed by atoms with Crippen LogP contribution in [-0.4, -0.2) is 28.4 Å². The Balaban J connectivity index is 3.26. The average Bonchev–Trinajstić information content (AvgIpc) is 2.24. The molecule has 1 rings (SSSR count). The van der Waals surface area contributed by atoms with Gasteiger partial charge in [0.05, 0.1) is 13.7 Å². The predicted molar refractivity (Wildman–Crippen MR) is 61.9 cm³/mol. The molecule has 90 valence electrons. The van der Waals surface area contributed by atoms with Crippen LogP contribution >= 0.6 is 0 Å². The van der Waals surface area contributed by atoms with Crippen LogP contribution in [0.25, 0.3) is 0 Å². The van der Waals surface area contributed by atoms with Crippen molar-refractivity contribution in [1.29, 1.82) is 0 Å². The molecule has 16 heavy (non-hydrogen) atoms. The molecule has 0 bridgehead atoms. The summed E-state index contributed by atoms with van der Waals surface area (Å²) < 4.78 is 33.6. The highest BCUT2D eigenvalue weighted by Crippen LogP contribution is 2.34. The topological polar surface area (TPSA) is 52.6 Å². The Bertz CT molecular complexity index is 451. The zero-order valence-corrected chi connectivity index (χ0v) is 10.5. The molecule has 0 N–H and O–H groups in total.